The molecule has 29 heavy (non-hydrogen) atoms. The van der Waals surface area contributed by atoms with E-state index in [4.69, 9.17) is 0 Å². The summed E-state index contributed by atoms with van der Waals surface area (Å²) in [5.74, 6) is -1.37. The molecule has 1 saturated heterocycles. The normalized spacial score (nSPS) is 19.1. The van der Waals surface area contributed by atoms with Gasteiger partial charge in [0.1, 0.15) is 0 Å². The van der Waals surface area contributed by atoms with E-state index < -0.39 is 11.8 Å². The number of hydrogen-bond acceptors (Lipinski definition) is 2. The first-order valence-corrected chi connectivity index (χ1v) is 9.94. The van der Waals surface area contributed by atoms with Crippen LogP contribution < -0.4 is 4.90 Å². The van der Waals surface area contributed by atoms with E-state index >= 15 is 0 Å². The van der Waals surface area contributed by atoms with Crippen LogP contribution in [0.1, 0.15) is 45.2 Å². The van der Waals surface area contributed by atoms with E-state index in [1.165, 1.54) is 4.90 Å². The van der Waals surface area contributed by atoms with Gasteiger partial charge < -0.3 is 0 Å². The molecule has 1 fully saturated rings. The zero-order valence-electron chi connectivity index (χ0n) is 17.3. The second-order valence-corrected chi connectivity index (χ2v) is 8.14. The van der Waals surface area contributed by atoms with Crippen molar-refractivity contribution in [3.05, 3.63) is 100 Å². The zero-order chi connectivity index (χ0) is 20.7. The summed E-state index contributed by atoms with van der Waals surface area (Å²) < 4.78 is 0. The molecule has 0 saturated carbocycles. The van der Waals surface area contributed by atoms with Gasteiger partial charge in [-0.05, 0) is 51.0 Å². The molecule has 1 aliphatic heterocycles. The average Bonchev–Trinajstić information content (AvgIpc) is 2.91. The van der Waals surface area contributed by atoms with Gasteiger partial charge in [-0.2, -0.15) is 0 Å². The molecule has 0 aliphatic carbocycles. The second-order valence-electron chi connectivity index (χ2n) is 8.14. The Balaban J connectivity index is 1.91. The molecule has 1 heterocycles. The Hall–Kier alpha value is -3.20. The summed E-state index contributed by atoms with van der Waals surface area (Å²) in [5.41, 5.74) is 6.82. The lowest BCUT2D eigenvalue weighted by Gasteiger charge is -2.18. The van der Waals surface area contributed by atoms with Crippen LogP contribution in [0.2, 0.25) is 0 Å². The molecular formula is C26H25NO2. The van der Waals surface area contributed by atoms with Crippen molar-refractivity contribution >= 4 is 17.5 Å². The molecule has 3 aromatic carbocycles. The van der Waals surface area contributed by atoms with Gasteiger partial charge >= 0.3 is 0 Å². The van der Waals surface area contributed by atoms with E-state index in [0.29, 0.717) is 5.69 Å². The molecule has 3 aromatic rings. The van der Waals surface area contributed by atoms with E-state index in [0.717, 1.165) is 33.4 Å². The monoisotopic (exact) mass is 383 g/mol. The second kappa shape index (κ2) is 7.32. The molecule has 3 nitrogen and oxygen atoms in total. The van der Waals surface area contributed by atoms with E-state index in [-0.39, 0.29) is 11.8 Å². The third-order valence-corrected chi connectivity index (χ3v) is 5.53. The number of carbonyl (C=O) groups is 2. The summed E-state index contributed by atoms with van der Waals surface area (Å²) in [4.78, 5) is 28.6. The van der Waals surface area contributed by atoms with Crippen molar-refractivity contribution in [3.63, 3.8) is 0 Å². The van der Waals surface area contributed by atoms with Crippen LogP contribution in [-0.2, 0) is 9.59 Å². The van der Waals surface area contributed by atoms with Crippen LogP contribution in [0.25, 0.3) is 0 Å². The Bertz CT molecular complexity index is 991. The fourth-order valence-electron chi connectivity index (χ4n) is 4.55. The Morgan fingerprint density at radius 3 is 1.34 bits per heavy atom. The Morgan fingerprint density at radius 1 is 0.586 bits per heavy atom. The minimum Gasteiger partial charge on any atom is -0.273 e. The van der Waals surface area contributed by atoms with Gasteiger partial charge in [-0.3, -0.25) is 9.59 Å². The minimum atomic E-state index is -0.525. The predicted molar refractivity (Wildman–Crippen MR) is 116 cm³/mol. The molecule has 0 aromatic heterocycles. The molecule has 3 heteroatoms. The predicted octanol–water partition coefficient (Wildman–Crippen LogP) is 5.36. The van der Waals surface area contributed by atoms with Gasteiger partial charge in [0.2, 0.25) is 11.8 Å². The number of benzene rings is 3. The average molecular weight is 383 g/mol. The van der Waals surface area contributed by atoms with Crippen molar-refractivity contribution < 1.29 is 9.59 Å². The van der Waals surface area contributed by atoms with Crippen molar-refractivity contribution in [3.8, 4) is 0 Å². The van der Waals surface area contributed by atoms with Crippen molar-refractivity contribution in [1.82, 2.24) is 0 Å². The fraction of sp³-hybridized carbons (Fsp3) is 0.231. The van der Waals surface area contributed by atoms with Gasteiger partial charge in [-0.15, -0.1) is 0 Å². The minimum absolute atomic E-state index is 0.157. The number of para-hydroxylation sites is 1. The molecule has 2 unspecified atom stereocenters. The highest BCUT2D eigenvalue weighted by Crippen LogP contribution is 2.44. The van der Waals surface area contributed by atoms with Gasteiger partial charge in [0.05, 0.1) is 17.5 Å². The molecule has 4 rings (SSSR count). The van der Waals surface area contributed by atoms with Crippen LogP contribution in [0.4, 0.5) is 5.69 Å². The fourth-order valence-corrected chi connectivity index (χ4v) is 4.55. The molecule has 2 amide bonds. The summed E-state index contributed by atoms with van der Waals surface area (Å²) in [7, 11) is 0. The highest BCUT2D eigenvalue weighted by molar-refractivity contribution is 6.25. The molecule has 1 aliphatic rings. The van der Waals surface area contributed by atoms with Gasteiger partial charge in [-0.1, -0.05) is 76.9 Å². The maximum Gasteiger partial charge on any atom is 0.242 e. The lowest BCUT2D eigenvalue weighted by atomic mass is 9.81. The number of imide groups is 1. The summed E-state index contributed by atoms with van der Waals surface area (Å²) >= 11 is 0. The number of amides is 2. The number of anilines is 1. The maximum absolute atomic E-state index is 13.6. The van der Waals surface area contributed by atoms with Crippen LogP contribution in [0.15, 0.2) is 66.7 Å². The Morgan fingerprint density at radius 2 is 0.966 bits per heavy atom. The van der Waals surface area contributed by atoms with Gasteiger partial charge in [0.15, 0.2) is 0 Å². The molecule has 0 radical (unpaired) electrons. The topological polar surface area (TPSA) is 37.4 Å². The summed E-state index contributed by atoms with van der Waals surface area (Å²) in [5, 5.41) is 0. The highest BCUT2D eigenvalue weighted by atomic mass is 16.2. The summed E-state index contributed by atoms with van der Waals surface area (Å²) in [6.07, 6.45) is 0. The highest BCUT2D eigenvalue weighted by Gasteiger charge is 2.49. The van der Waals surface area contributed by atoms with Crippen molar-refractivity contribution in [2.75, 3.05) is 4.90 Å². The lowest BCUT2D eigenvalue weighted by Crippen LogP contribution is -2.30. The number of aryl methyl sites for hydroxylation is 4. The number of nitrogens with zero attached hydrogens (tertiary/aromatic N) is 1. The third-order valence-electron chi connectivity index (χ3n) is 5.53. The third kappa shape index (κ3) is 3.49. The van der Waals surface area contributed by atoms with E-state index in [1.807, 2.05) is 82.3 Å². The first kappa shape index (κ1) is 19.1. The number of hydrogen-bond donors (Lipinski definition) is 0. The largest absolute Gasteiger partial charge is 0.273 e. The molecule has 146 valence electrons. The van der Waals surface area contributed by atoms with Gasteiger partial charge in [-0.25, -0.2) is 4.90 Å². The lowest BCUT2D eigenvalue weighted by molar-refractivity contribution is -0.121. The standard InChI is InChI=1S/C26H25NO2/c1-16-10-17(2)13-20(12-16)23-24(21-14-18(3)11-19(4)15-21)26(29)27(25(23)28)22-8-6-5-7-9-22/h5-15,23-24H,1-4H3. The van der Waals surface area contributed by atoms with E-state index in [1.54, 1.807) is 0 Å². The van der Waals surface area contributed by atoms with E-state index in [9.17, 15) is 9.59 Å². The number of rotatable bonds is 3. The zero-order valence-corrected chi connectivity index (χ0v) is 17.3. The molecule has 0 bridgehead atoms. The van der Waals surface area contributed by atoms with Crippen LogP contribution in [-0.4, -0.2) is 11.8 Å². The summed E-state index contributed by atoms with van der Waals surface area (Å²) in [6.45, 7) is 8.11. The van der Waals surface area contributed by atoms with Crippen molar-refractivity contribution in [2.45, 2.75) is 39.5 Å². The maximum atomic E-state index is 13.6. The van der Waals surface area contributed by atoms with Crippen LogP contribution in [0, 0.1) is 27.7 Å². The van der Waals surface area contributed by atoms with Crippen molar-refractivity contribution in [1.29, 1.82) is 0 Å². The molecule has 0 N–H and O–H groups in total. The molecule has 0 spiro atoms. The molecule has 2 atom stereocenters. The van der Waals surface area contributed by atoms with Gasteiger partial charge in [0.25, 0.3) is 0 Å². The van der Waals surface area contributed by atoms with Crippen LogP contribution in [0.5, 0.6) is 0 Å². The Labute approximate surface area is 172 Å². The van der Waals surface area contributed by atoms with Gasteiger partial charge in [0, 0.05) is 0 Å². The van der Waals surface area contributed by atoms with E-state index in [2.05, 4.69) is 12.1 Å². The Kier molecular flexibility index (Phi) is 4.83. The first-order valence-electron chi connectivity index (χ1n) is 9.94. The first-order chi connectivity index (χ1) is 13.8. The van der Waals surface area contributed by atoms with Crippen LogP contribution >= 0.6 is 0 Å². The summed E-state index contributed by atoms with van der Waals surface area (Å²) in [6, 6.07) is 21.5. The quantitative estimate of drug-likeness (QED) is 0.571. The van der Waals surface area contributed by atoms with Crippen molar-refractivity contribution in [2.24, 2.45) is 0 Å². The smallest absolute Gasteiger partial charge is 0.242 e. The SMILES string of the molecule is Cc1cc(C)cc(C2C(=O)N(c3ccccc3)C(=O)C2c2cc(C)cc(C)c2)c1. The van der Waals surface area contributed by atoms with Crippen LogP contribution in [0.3, 0.4) is 0 Å². The number of carbonyl (C=O) groups excluding carboxylic acids is 2. The molecular weight excluding hydrogens is 358 g/mol.